The van der Waals surface area contributed by atoms with Crippen molar-refractivity contribution in [2.75, 3.05) is 13.2 Å². The Morgan fingerprint density at radius 2 is 1.76 bits per heavy atom. The second-order valence-corrected chi connectivity index (χ2v) is 7.60. The third-order valence-electron chi connectivity index (χ3n) is 3.99. The van der Waals surface area contributed by atoms with Crippen molar-refractivity contribution < 1.29 is 18.3 Å². The number of aliphatic hydroxyl groups excluding tert-OH is 1. The average Bonchev–Trinajstić information content (AvgIpc) is 2.30. The van der Waals surface area contributed by atoms with Gasteiger partial charge in [-0.25, -0.2) is 12.7 Å². The van der Waals surface area contributed by atoms with Gasteiger partial charge >= 0.3 is 0 Å². The molecule has 1 aliphatic rings. The molecule has 0 aromatic carbocycles. The Morgan fingerprint density at radius 1 is 1.29 bits per heavy atom. The standard InChI is InChI=1S/C11H21NO4S/c1-5-11(6-2,8-13)7-12-9(14)10(3,4)17(12,15)16/h13H,5-8H2,1-4H3. The fraction of sp³-hybridized carbons (Fsp3) is 0.909. The first-order valence-electron chi connectivity index (χ1n) is 5.86. The van der Waals surface area contributed by atoms with Crippen LogP contribution in [-0.2, 0) is 14.8 Å². The van der Waals surface area contributed by atoms with Gasteiger partial charge in [0.15, 0.2) is 4.75 Å². The molecule has 1 heterocycles. The van der Waals surface area contributed by atoms with Crippen molar-refractivity contribution in [1.29, 1.82) is 0 Å². The Bertz CT molecular complexity index is 401. The van der Waals surface area contributed by atoms with Crippen LogP contribution in [-0.4, -0.2) is 41.6 Å². The second kappa shape index (κ2) is 4.24. The predicted molar refractivity (Wildman–Crippen MR) is 64.8 cm³/mol. The van der Waals surface area contributed by atoms with Crippen LogP contribution in [0.15, 0.2) is 0 Å². The molecule has 0 aliphatic carbocycles. The molecule has 0 aromatic rings. The summed E-state index contributed by atoms with van der Waals surface area (Å²) in [7, 11) is -3.54. The van der Waals surface area contributed by atoms with Gasteiger partial charge in [-0.15, -0.1) is 0 Å². The highest BCUT2D eigenvalue weighted by Gasteiger charge is 2.61. The number of nitrogens with zero attached hydrogens (tertiary/aromatic N) is 1. The lowest BCUT2D eigenvalue weighted by atomic mass is 9.83. The Labute approximate surface area is 103 Å². The number of sulfonamides is 1. The van der Waals surface area contributed by atoms with E-state index in [0.29, 0.717) is 12.8 Å². The smallest absolute Gasteiger partial charge is 0.258 e. The topological polar surface area (TPSA) is 74.7 Å². The van der Waals surface area contributed by atoms with Gasteiger partial charge in [-0.3, -0.25) is 4.79 Å². The summed E-state index contributed by atoms with van der Waals surface area (Å²) in [6.07, 6.45) is 1.28. The van der Waals surface area contributed by atoms with Crippen molar-refractivity contribution >= 4 is 15.9 Å². The molecule has 1 amide bonds. The van der Waals surface area contributed by atoms with Gasteiger partial charge in [0.2, 0.25) is 0 Å². The van der Waals surface area contributed by atoms with Gasteiger partial charge in [0.05, 0.1) is 6.61 Å². The summed E-state index contributed by atoms with van der Waals surface area (Å²) in [6.45, 7) is 6.59. The number of hydrogen-bond acceptors (Lipinski definition) is 4. The molecule has 0 spiro atoms. The van der Waals surface area contributed by atoms with Crippen LogP contribution >= 0.6 is 0 Å². The van der Waals surface area contributed by atoms with Gasteiger partial charge in [0.1, 0.15) is 0 Å². The van der Waals surface area contributed by atoms with Gasteiger partial charge < -0.3 is 5.11 Å². The van der Waals surface area contributed by atoms with E-state index in [1.807, 2.05) is 13.8 Å². The second-order valence-electron chi connectivity index (χ2n) is 5.19. The van der Waals surface area contributed by atoms with Crippen LogP contribution in [0.2, 0.25) is 0 Å². The SMILES string of the molecule is CCC(CC)(CO)CN1C(=O)C(C)(C)S1(=O)=O. The van der Waals surface area contributed by atoms with Crippen molar-refractivity contribution in [2.24, 2.45) is 5.41 Å². The van der Waals surface area contributed by atoms with Crippen LogP contribution < -0.4 is 0 Å². The normalized spacial score (nSPS) is 22.4. The molecule has 1 saturated heterocycles. The average molecular weight is 263 g/mol. The zero-order valence-corrected chi connectivity index (χ0v) is 11.7. The molecule has 1 aliphatic heterocycles. The van der Waals surface area contributed by atoms with Crippen molar-refractivity contribution in [3.05, 3.63) is 0 Å². The molecule has 6 heteroatoms. The molecule has 0 bridgehead atoms. The molecule has 0 saturated carbocycles. The number of carbonyl (C=O) groups is 1. The highest BCUT2D eigenvalue weighted by atomic mass is 32.2. The molecular formula is C11H21NO4S. The quantitative estimate of drug-likeness (QED) is 0.793. The minimum Gasteiger partial charge on any atom is -0.396 e. The van der Waals surface area contributed by atoms with Gasteiger partial charge in [-0.05, 0) is 26.7 Å². The Morgan fingerprint density at radius 3 is 2.06 bits per heavy atom. The molecule has 5 nitrogen and oxygen atoms in total. The maximum absolute atomic E-state index is 11.9. The zero-order chi connectivity index (χ0) is 13.5. The number of aliphatic hydroxyl groups is 1. The molecule has 17 heavy (non-hydrogen) atoms. The predicted octanol–water partition coefficient (Wildman–Crippen LogP) is 0.736. The summed E-state index contributed by atoms with van der Waals surface area (Å²) in [5.74, 6) is -0.378. The molecule has 1 N–H and O–H groups in total. The third-order valence-corrected chi connectivity index (χ3v) is 6.33. The molecule has 1 rings (SSSR count). The zero-order valence-electron chi connectivity index (χ0n) is 10.9. The fourth-order valence-electron chi connectivity index (χ4n) is 1.96. The van der Waals surface area contributed by atoms with Gasteiger partial charge in [-0.2, -0.15) is 0 Å². The number of carbonyl (C=O) groups excluding carboxylic acids is 1. The molecule has 0 atom stereocenters. The maximum Gasteiger partial charge on any atom is 0.258 e. The molecule has 0 radical (unpaired) electrons. The molecule has 0 aromatic heterocycles. The fourth-order valence-corrected chi connectivity index (χ4v) is 3.60. The first-order chi connectivity index (χ1) is 7.68. The summed E-state index contributed by atoms with van der Waals surface area (Å²) in [4.78, 5) is 11.8. The minimum atomic E-state index is -3.54. The van der Waals surface area contributed by atoms with Crippen LogP contribution in [0.3, 0.4) is 0 Å². The van der Waals surface area contributed by atoms with Crippen molar-refractivity contribution in [3.63, 3.8) is 0 Å². The van der Waals surface area contributed by atoms with Crippen molar-refractivity contribution in [2.45, 2.75) is 45.3 Å². The van der Waals surface area contributed by atoms with Crippen LogP contribution in [0.25, 0.3) is 0 Å². The minimum absolute atomic E-state index is 0.0844. The summed E-state index contributed by atoms with van der Waals surface area (Å²) in [5.41, 5.74) is -0.515. The van der Waals surface area contributed by atoms with Crippen LogP contribution in [0, 0.1) is 5.41 Å². The van der Waals surface area contributed by atoms with Crippen LogP contribution in [0.5, 0.6) is 0 Å². The van der Waals surface area contributed by atoms with Crippen LogP contribution in [0.4, 0.5) is 0 Å². The van der Waals surface area contributed by atoms with Gasteiger partial charge in [0.25, 0.3) is 15.9 Å². The molecule has 1 fully saturated rings. The van der Waals surface area contributed by atoms with E-state index in [4.69, 9.17) is 0 Å². The Hall–Kier alpha value is -0.620. The molecule has 0 unspecified atom stereocenters. The van der Waals surface area contributed by atoms with E-state index >= 15 is 0 Å². The van der Waals surface area contributed by atoms with E-state index < -0.39 is 20.2 Å². The first-order valence-corrected chi connectivity index (χ1v) is 7.30. The number of rotatable bonds is 5. The summed E-state index contributed by atoms with van der Waals surface area (Å²) in [6, 6.07) is 0. The lowest BCUT2D eigenvalue weighted by Gasteiger charge is -2.47. The Balaban J connectivity index is 2.96. The van der Waals surface area contributed by atoms with Crippen LogP contribution in [0.1, 0.15) is 40.5 Å². The van der Waals surface area contributed by atoms with E-state index in [-0.39, 0.29) is 19.1 Å². The maximum atomic E-state index is 11.9. The largest absolute Gasteiger partial charge is 0.396 e. The van der Waals surface area contributed by atoms with Gasteiger partial charge in [-0.1, -0.05) is 13.8 Å². The third kappa shape index (κ3) is 1.87. The summed E-state index contributed by atoms with van der Waals surface area (Å²) in [5, 5.41) is 9.40. The van der Waals surface area contributed by atoms with E-state index in [1.165, 1.54) is 13.8 Å². The van der Waals surface area contributed by atoms with Gasteiger partial charge in [0, 0.05) is 12.0 Å². The van der Waals surface area contributed by atoms with Crippen molar-refractivity contribution in [3.8, 4) is 0 Å². The summed E-state index contributed by atoms with van der Waals surface area (Å²) >= 11 is 0. The van der Waals surface area contributed by atoms with E-state index in [2.05, 4.69) is 0 Å². The Kier molecular flexibility index (Phi) is 3.60. The summed E-state index contributed by atoms with van der Waals surface area (Å²) < 4.78 is 23.5. The van der Waals surface area contributed by atoms with E-state index in [0.717, 1.165) is 4.31 Å². The molecular weight excluding hydrogens is 242 g/mol. The first kappa shape index (κ1) is 14.4. The van der Waals surface area contributed by atoms with E-state index in [1.54, 1.807) is 0 Å². The van der Waals surface area contributed by atoms with Crippen molar-refractivity contribution in [1.82, 2.24) is 4.31 Å². The lowest BCUT2D eigenvalue weighted by Crippen LogP contribution is -2.69. The number of hydrogen-bond donors (Lipinski definition) is 1. The lowest BCUT2D eigenvalue weighted by molar-refractivity contribution is -0.133. The highest BCUT2D eigenvalue weighted by Crippen LogP contribution is 2.39. The molecule has 100 valence electrons. The number of amides is 1. The van der Waals surface area contributed by atoms with E-state index in [9.17, 15) is 18.3 Å². The monoisotopic (exact) mass is 263 g/mol. The highest BCUT2D eigenvalue weighted by molar-refractivity contribution is 7.94.